The first-order valence-corrected chi connectivity index (χ1v) is 11.8. The van der Waals surface area contributed by atoms with Gasteiger partial charge in [-0.1, -0.05) is 11.6 Å². The van der Waals surface area contributed by atoms with Gasteiger partial charge in [-0.25, -0.2) is 9.37 Å². The lowest BCUT2D eigenvalue weighted by atomic mass is 9.90. The maximum Gasteiger partial charge on any atom is 0.172 e. The van der Waals surface area contributed by atoms with Gasteiger partial charge in [0.05, 0.1) is 16.8 Å². The number of anilines is 3. The molecular weight excluding hydrogens is 450 g/mol. The second-order valence-corrected chi connectivity index (χ2v) is 9.36. The Balaban J connectivity index is 1.43. The Morgan fingerprint density at radius 2 is 1.97 bits per heavy atom. The van der Waals surface area contributed by atoms with Crippen LogP contribution < -0.4 is 15.1 Å². The summed E-state index contributed by atoms with van der Waals surface area (Å²) in [6.45, 7) is 5.56. The van der Waals surface area contributed by atoms with Crippen LogP contribution >= 0.6 is 23.2 Å². The van der Waals surface area contributed by atoms with Gasteiger partial charge in [0, 0.05) is 54.9 Å². The summed E-state index contributed by atoms with van der Waals surface area (Å²) in [5, 5.41) is 11.9. The van der Waals surface area contributed by atoms with Crippen molar-refractivity contribution in [1.29, 1.82) is 0 Å². The molecule has 3 atom stereocenters. The second kappa shape index (κ2) is 8.87. The Kier molecular flexibility index (Phi) is 5.95. The molecule has 168 valence electrons. The summed E-state index contributed by atoms with van der Waals surface area (Å²) in [6, 6.07) is 5.96. The molecule has 5 rings (SSSR count). The fourth-order valence-corrected chi connectivity index (χ4v) is 5.57. The molecule has 1 N–H and O–H groups in total. The summed E-state index contributed by atoms with van der Waals surface area (Å²) in [4.78, 5) is 9.13. The molecule has 0 spiro atoms. The van der Waals surface area contributed by atoms with Crippen molar-refractivity contribution in [2.24, 2.45) is 5.92 Å². The van der Waals surface area contributed by atoms with Gasteiger partial charge in [0.2, 0.25) is 0 Å². The molecule has 0 radical (unpaired) electrons. The standard InChI is InChI=1S/C23H25Cl2FN6/c1-14(21-16(24)5-6-17(26)22(21)25)32-11-8-27-23-19(32)12-18(29-30-23)15-4-7-20(28-13-15)31-9-2-3-10-31/h4-7,12-14,21-22H,2-3,8-11H2,1H3,(H,27,30). The van der Waals surface area contributed by atoms with Crippen LogP contribution in [0.4, 0.5) is 21.7 Å². The third kappa shape index (κ3) is 3.92. The summed E-state index contributed by atoms with van der Waals surface area (Å²) in [5.74, 6) is 0.982. The van der Waals surface area contributed by atoms with E-state index in [2.05, 4.69) is 30.3 Å². The van der Waals surface area contributed by atoms with Crippen molar-refractivity contribution in [1.82, 2.24) is 15.2 Å². The molecule has 0 saturated carbocycles. The van der Waals surface area contributed by atoms with E-state index in [0.29, 0.717) is 17.4 Å². The zero-order valence-corrected chi connectivity index (χ0v) is 19.3. The summed E-state index contributed by atoms with van der Waals surface area (Å²) in [6.07, 6.45) is 7.22. The Labute approximate surface area is 197 Å². The topological polar surface area (TPSA) is 57.2 Å². The van der Waals surface area contributed by atoms with Gasteiger partial charge in [-0.05, 0) is 50.1 Å². The van der Waals surface area contributed by atoms with Gasteiger partial charge in [0.15, 0.2) is 5.82 Å². The van der Waals surface area contributed by atoms with Crippen molar-refractivity contribution >= 4 is 40.5 Å². The molecule has 3 aliphatic rings. The lowest BCUT2D eigenvalue weighted by molar-refractivity contribution is 0.439. The minimum atomic E-state index is -0.794. The molecule has 2 aromatic rings. The van der Waals surface area contributed by atoms with Crippen LogP contribution in [0.5, 0.6) is 0 Å². The Bertz CT molecular complexity index is 1050. The minimum Gasteiger partial charge on any atom is -0.365 e. The van der Waals surface area contributed by atoms with Crippen molar-refractivity contribution in [2.45, 2.75) is 31.2 Å². The average molecular weight is 475 g/mol. The monoisotopic (exact) mass is 474 g/mol. The molecule has 0 aromatic carbocycles. The van der Waals surface area contributed by atoms with E-state index in [1.807, 2.05) is 31.3 Å². The highest BCUT2D eigenvalue weighted by Crippen LogP contribution is 2.40. The van der Waals surface area contributed by atoms with Gasteiger partial charge in [-0.3, -0.25) is 0 Å². The fraction of sp³-hybridized carbons (Fsp3) is 0.435. The molecule has 2 aromatic heterocycles. The summed E-state index contributed by atoms with van der Waals surface area (Å²) in [5.41, 5.74) is 2.55. The predicted octanol–water partition coefficient (Wildman–Crippen LogP) is 4.97. The van der Waals surface area contributed by atoms with Gasteiger partial charge in [-0.2, -0.15) is 0 Å². The van der Waals surface area contributed by atoms with Crippen LogP contribution in [0.1, 0.15) is 19.8 Å². The third-order valence-electron chi connectivity index (χ3n) is 6.51. The van der Waals surface area contributed by atoms with Crippen molar-refractivity contribution in [3.8, 4) is 11.3 Å². The highest BCUT2D eigenvalue weighted by molar-refractivity contribution is 6.32. The maximum atomic E-state index is 14.2. The van der Waals surface area contributed by atoms with E-state index in [1.165, 1.54) is 18.9 Å². The van der Waals surface area contributed by atoms with Crippen molar-refractivity contribution in [2.75, 3.05) is 41.3 Å². The SMILES string of the molecule is CC(C1C(Cl)=CC=C(F)C1Cl)N1CCNc2nnc(-c3ccc(N4CCCC4)nc3)cc21. The molecule has 32 heavy (non-hydrogen) atoms. The first-order valence-electron chi connectivity index (χ1n) is 11.0. The van der Waals surface area contributed by atoms with Gasteiger partial charge in [-0.15, -0.1) is 21.8 Å². The number of rotatable bonds is 4. The Morgan fingerprint density at radius 3 is 2.72 bits per heavy atom. The molecule has 3 unspecified atom stereocenters. The third-order valence-corrected chi connectivity index (χ3v) is 7.37. The molecule has 1 saturated heterocycles. The summed E-state index contributed by atoms with van der Waals surface area (Å²) >= 11 is 12.9. The normalized spacial score (nSPS) is 23.9. The van der Waals surface area contributed by atoms with E-state index in [4.69, 9.17) is 23.2 Å². The van der Waals surface area contributed by atoms with Crippen molar-refractivity contribution in [3.63, 3.8) is 0 Å². The van der Waals surface area contributed by atoms with Gasteiger partial charge >= 0.3 is 0 Å². The number of aromatic nitrogens is 3. The van der Waals surface area contributed by atoms with Crippen LogP contribution in [0, 0.1) is 5.92 Å². The molecule has 0 amide bonds. The van der Waals surface area contributed by atoms with E-state index in [9.17, 15) is 4.39 Å². The number of nitrogens with zero attached hydrogens (tertiary/aromatic N) is 5. The number of hydrogen-bond acceptors (Lipinski definition) is 6. The molecule has 2 aliphatic heterocycles. The van der Waals surface area contributed by atoms with E-state index in [-0.39, 0.29) is 17.8 Å². The molecule has 0 bridgehead atoms. The summed E-state index contributed by atoms with van der Waals surface area (Å²) in [7, 11) is 0. The Hall–Kier alpha value is -2.38. The zero-order valence-electron chi connectivity index (χ0n) is 17.8. The Morgan fingerprint density at radius 1 is 1.16 bits per heavy atom. The minimum absolute atomic E-state index is 0.130. The van der Waals surface area contributed by atoms with E-state index < -0.39 is 5.38 Å². The number of nitrogens with one attached hydrogen (secondary N) is 1. The number of hydrogen-bond donors (Lipinski definition) is 1. The zero-order chi connectivity index (χ0) is 22.2. The molecular formula is C23H25Cl2FN6. The van der Waals surface area contributed by atoms with Crippen LogP contribution in [-0.4, -0.2) is 52.8 Å². The predicted molar refractivity (Wildman–Crippen MR) is 128 cm³/mol. The molecule has 1 aliphatic carbocycles. The highest BCUT2D eigenvalue weighted by atomic mass is 35.5. The number of alkyl halides is 1. The summed E-state index contributed by atoms with van der Waals surface area (Å²) < 4.78 is 14.2. The number of halogens is 3. The smallest absolute Gasteiger partial charge is 0.172 e. The number of allylic oxidation sites excluding steroid dienone is 3. The molecule has 9 heteroatoms. The number of pyridine rings is 1. The van der Waals surface area contributed by atoms with Crippen LogP contribution in [0.15, 0.2) is 47.4 Å². The molecule has 4 heterocycles. The lowest BCUT2D eigenvalue weighted by Crippen LogP contribution is -2.47. The largest absolute Gasteiger partial charge is 0.365 e. The van der Waals surface area contributed by atoms with Crippen LogP contribution in [0.25, 0.3) is 11.3 Å². The average Bonchev–Trinajstić information content (AvgIpc) is 3.36. The second-order valence-electron chi connectivity index (χ2n) is 8.45. The van der Waals surface area contributed by atoms with Gasteiger partial charge < -0.3 is 15.1 Å². The molecule has 1 fully saturated rings. The van der Waals surface area contributed by atoms with Gasteiger partial charge in [0.25, 0.3) is 0 Å². The van der Waals surface area contributed by atoms with E-state index in [0.717, 1.165) is 42.4 Å². The maximum absolute atomic E-state index is 14.2. The van der Waals surface area contributed by atoms with Crippen molar-refractivity contribution < 1.29 is 4.39 Å². The van der Waals surface area contributed by atoms with Crippen LogP contribution in [-0.2, 0) is 0 Å². The quantitative estimate of drug-likeness (QED) is 0.631. The van der Waals surface area contributed by atoms with Crippen molar-refractivity contribution in [3.05, 3.63) is 47.4 Å². The first-order chi connectivity index (χ1) is 15.5. The van der Waals surface area contributed by atoms with Gasteiger partial charge in [0.1, 0.15) is 11.6 Å². The lowest BCUT2D eigenvalue weighted by Gasteiger charge is -2.41. The molecule has 6 nitrogen and oxygen atoms in total. The van der Waals surface area contributed by atoms with Crippen LogP contribution in [0.2, 0.25) is 0 Å². The first kappa shape index (κ1) is 21.5. The van der Waals surface area contributed by atoms with E-state index >= 15 is 0 Å². The fourth-order valence-electron chi connectivity index (χ4n) is 4.72. The van der Waals surface area contributed by atoms with Crippen LogP contribution in [0.3, 0.4) is 0 Å². The van der Waals surface area contributed by atoms with E-state index in [1.54, 1.807) is 6.08 Å². The highest BCUT2D eigenvalue weighted by Gasteiger charge is 2.37. The number of fused-ring (bicyclic) bond motifs is 1.